The normalized spacial score (nSPS) is 13.4. The number of nitrogens with two attached hydrogens (primary N) is 2. The second-order valence-electron chi connectivity index (χ2n) is 3.46. The molecule has 7 heteroatoms. The molecule has 0 unspecified atom stereocenters. The number of carbonyl (C=O) groups is 1. The van der Waals surface area contributed by atoms with Gasteiger partial charge in [0, 0.05) is 18.5 Å². The second-order valence-corrected chi connectivity index (χ2v) is 3.87. The number of pyridine rings is 1. The molecule has 1 aromatic rings. The molecule has 98 valence electrons. The molecule has 0 amide bonds. The van der Waals surface area contributed by atoms with E-state index in [1.807, 2.05) is 0 Å². The highest BCUT2D eigenvalue weighted by molar-refractivity contribution is 6.44. The van der Waals surface area contributed by atoms with Crippen molar-refractivity contribution in [3.05, 3.63) is 32.6 Å². The minimum absolute atomic E-state index is 0.0818. The Morgan fingerprint density at radius 3 is 2.67 bits per heavy atom. The van der Waals surface area contributed by atoms with Gasteiger partial charge in [0.2, 0.25) is 0 Å². The number of halogens is 1. The lowest BCUT2D eigenvalue weighted by Gasteiger charge is -2.06. The van der Waals surface area contributed by atoms with E-state index in [9.17, 15) is 9.59 Å². The lowest BCUT2D eigenvalue weighted by Crippen LogP contribution is -2.46. The molecule has 0 saturated carbocycles. The summed E-state index contributed by atoms with van der Waals surface area (Å²) in [5.74, 6) is -0.708. The molecule has 0 atom stereocenters. The van der Waals surface area contributed by atoms with Crippen LogP contribution in [0.3, 0.4) is 0 Å². The first-order valence-electron chi connectivity index (χ1n) is 5.18. The zero-order chi connectivity index (χ0) is 13.9. The van der Waals surface area contributed by atoms with Crippen molar-refractivity contribution >= 4 is 28.9 Å². The number of hydrogen-bond acceptors (Lipinski definition) is 5. The zero-order valence-electron chi connectivity index (χ0n) is 10.1. The van der Waals surface area contributed by atoms with E-state index in [0.29, 0.717) is 5.22 Å². The van der Waals surface area contributed by atoms with Crippen LogP contribution in [0.15, 0.2) is 10.9 Å². The molecular formula is C11H14ClN3O3. The highest BCUT2D eigenvalue weighted by Gasteiger charge is 2.14. The van der Waals surface area contributed by atoms with Crippen molar-refractivity contribution in [2.45, 2.75) is 6.92 Å². The molecule has 0 fully saturated rings. The van der Waals surface area contributed by atoms with Gasteiger partial charge in [-0.1, -0.05) is 11.6 Å². The maximum Gasteiger partial charge on any atom is 0.343 e. The largest absolute Gasteiger partial charge is 0.462 e. The van der Waals surface area contributed by atoms with Gasteiger partial charge in [-0.05, 0) is 13.0 Å². The van der Waals surface area contributed by atoms with Crippen molar-refractivity contribution < 1.29 is 9.53 Å². The van der Waals surface area contributed by atoms with Gasteiger partial charge < -0.3 is 20.8 Å². The van der Waals surface area contributed by atoms with Crippen LogP contribution < -0.4 is 27.6 Å². The first kappa shape index (κ1) is 14.1. The third-order valence-corrected chi connectivity index (χ3v) is 2.52. The minimum Gasteiger partial charge on any atom is -0.462 e. The summed E-state index contributed by atoms with van der Waals surface area (Å²) in [7, 11) is 1.45. The summed E-state index contributed by atoms with van der Waals surface area (Å²) in [5, 5.41) is 0.562. The molecule has 1 heterocycles. The van der Waals surface area contributed by atoms with E-state index < -0.39 is 11.5 Å². The van der Waals surface area contributed by atoms with Gasteiger partial charge in [-0.25, -0.2) is 4.79 Å². The van der Waals surface area contributed by atoms with Crippen molar-refractivity contribution in [2.24, 2.45) is 18.5 Å². The molecule has 0 aromatic carbocycles. The standard InChI is InChI=1S/C11H14ClN3O3/c1-3-18-11(17)7-4-6(5-13)8(9(12)14)15(2)10(7)16/h4-5H,3,13-14H2,1-2H3/b6-5-,9-8+. The predicted molar refractivity (Wildman–Crippen MR) is 69.0 cm³/mol. The monoisotopic (exact) mass is 271 g/mol. The highest BCUT2D eigenvalue weighted by Crippen LogP contribution is 1.91. The Kier molecular flexibility index (Phi) is 4.38. The fourth-order valence-corrected chi connectivity index (χ4v) is 1.78. The second kappa shape index (κ2) is 5.59. The Labute approximate surface area is 108 Å². The molecule has 0 saturated heterocycles. The quantitative estimate of drug-likeness (QED) is 0.505. The molecule has 4 N–H and O–H groups in total. The van der Waals surface area contributed by atoms with E-state index in [1.54, 1.807) is 6.92 Å². The van der Waals surface area contributed by atoms with E-state index in [1.165, 1.54) is 19.3 Å². The maximum absolute atomic E-state index is 12.0. The van der Waals surface area contributed by atoms with E-state index in [-0.39, 0.29) is 22.7 Å². The number of aromatic nitrogens is 1. The Morgan fingerprint density at radius 1 is 1.61 bits per heavy atom. The fourth-order valence-electron chi connectivity index (χ4n) is 1.54. The van der Waals surface area contributed by atoms with Crippen LogP contribution in [0.1, 0.15) is 17.3 Å². The molecule has 0 radical (unpaired) electrons. The smallest absolute Gasteiger partial charge is 0.343 e. The number of rotatable bonds is 2. The molecule has 1 rings (SSSR count). The van der Waals surface area contributed by atoms with Gasteiger partial charge >= 0.3 is 5.97 Å². The lowest BCUT2D eigenvalue weighted by molar-refractivity contribution is 0.0523. The number of ether oxygens (including phenoxy) is 1. The molecule has 18 heavy (non-hydrogen) atoms. The van der Waals surface area contributed by atoms with Gasteiger partial charge in [0.15, 0.2) is 0 Å². The van der Waals surface area contributed by atoms with Crippen LogP contribution in [0, 0.1) is 0 Å². The summed E-state index contributed by atoms with van der Waals surface area (Å²) < 4.78 is 5.95. The number of carbonyl (C=O) groups excluding carboxylic acids is 1. The Balaban J connectivity index is 3.75. The maximum atomic E-state index is 12.0. The van der Waals surface area contributed by atoms with Gasteiger partial charge in [0.05, 0.1) is 12.0 Å². The fraction of sp³-hybridized carbons (Fsp3) is 0.273. The Bertz CT molecular complexity index is 645. The average Bonchev–Trinajstić information content (AvgIpc) is 2.31. The summed E-state index contributed by atoms with van der Waals surface area (Å²) in [6.45, 7) is 1.83. The molecule has 0 spiro atoms. The molecule has 0 bridgehead atoms. The first-order chi connectivity index (χ1) is 8.43. The molecule has 6 nitrogen and oxygen atoms in total. The van der Waals surface area contributed by atoms with Gasteiger partial charge in [-0.3, -0.25) is 4.79 Å². The first-order valence-corrected chi connectivity index (χ1v) is 5.56. The SMILES string of the molecule is CCOC(=O)c1cc(=C/N)/c(=C(\N)Cl)n(C)c1=O. The van der Waals surface area contributed by atoms with Crippen LogP contribution in [0.5, 0.6) is 0 Å². The highest BCUT2D eigenvalue weighted by atomic mass is 35.5. The lowest BCUT2D eigenvalue weighted by atomic mass is 10.2. The van der Waals surface area contributed by atoms with Crippen molar-refractivity contribution in [2.75, 3.05) is 6.61 Å². The van der Waals surface area contributed by atoms with Crippen molar-refractivity contribution in [3.8, 4) is 0 Å². The van der Waals surface area contributed by atoms with Gasteiger partial charge in [0.1, 0.15) is 10.7 Å². The van der Waals surface area contributed by atoms with Crippen LogP contribution in [0.4, 0.5) is 0 Å². The summed E-state index contributed by atoms with van der Waals surface area (Å²) in [4.78, 5) is 23.6. The van der Waals surface area contributed by atoms with Crippen molar-refractivity contribution in [1.82, 2.24) is 4.57 Å². The number of nitrogens with zero attached hydrogens (tertiary/aromatic N) is 1. The van der Waals surface area contributed by atoms with E-state index in [4.69, 9.17) is 27.8 Å². The van der Waals surface area contributed by atoms with Gasteiger partial charge in [-0.15, -0.1) is 0 Å². The topological polar surface area (TPSA) is 100 Å². The molecule has 0 aliphatic heterocycles. The van der Waals surface area contributed by atoms with Crippen molar-refractivity contribution in [3.63, 3.8) is 0 Å². The Morgan fingerprint density at radius 2 is 2.22 bits per heavy atom. The van der Waals surface area contributed by atoms with E-state index in [2.05, 4.69) is 0 Å². The number of hydrogen-bond donors (Lipinski definition) is 2. The molecular weight excluding hydrogens is 258 g/mol. The van der Waals surface area contributed by atoms with Crippen LogP contribution in [0.2, 0.25) is 0 Å². The molecule has 0 aliphatic carbocycles. The van der Waals surface area contributed by atoms with Gasteiger partial charge in [-0.2, -0.15) is 0 Å². The van der Waals surface area contributed by atoms with Crippen LogP contribution >= 0.6 is 11.6 Å². The minimum atomic E-state index is -0.708. The molecule has 1 aromatic heterocycles. The van der Waals surface area contributed by atoms with E-state index in [0.717, 1.165) is 4.57 Å². The van der Waals surface area contributed by atoms with E-state index >= 15 is 0 Å². The summed E-state index contributed by atoms with van der Waals surface area (Å²) in [6.07, 6.45) is 1.22. The Hall–Kier alpha value is -1.95. The third-order valence-electron chi connectivity index (χ3n) is 2.34. The summed E-state index contributed by atoms with van der Waals surface area (Å²) in [6, 6.07) is 1.31. The van der Waals surface area contributed by atoms with Crippen LogP contribution in [0.25, 0.3) is 11.4 Å². The molecule has 0 aliphatic rings. The zero-order valence-corrected chi connectivity index (χ0v) is 10.8. The van der Waals surface area contributed by atoms with Crippen molar-refractivity contribution in [1.29, 1.82) is 0 Å². The third kappa shape index (κ3) is 2.48. The number of esters is 1. The summed E-state index contributed by atoms with van der Waals surface area (Å²) >= 11 is 5.70. The van der Waals surface area contributed by atoms with Gasteiger partial charge in [0.25, 0.3) is 5.56 Å². The predicted octanol–water partition coefficient (Wildman–Crippen LogP) is -1.48. The van der Waals surface area contributed by atoms with Crippen LogP contribution in [-0.4, -0.2) is 17.1 Å². The summed E-state index contributed by atoms with van der Waals surface area (Å²) in [5.41, 5.74) is 10.2. The average molecular weight is 272 g/mol. The van der Waals surface area contributed by atoms with Crippen LogP contribution in [-0.2, 0) is 11.8 Å².